The molecule has 2 aromatic rings. The first-order valence-electron chi connectivity index (χ1n) is 7.74. The summed E-state index contributed by atoms with van der Waals surface area (Å²) in [6, 6.07) is 2.13. The number of carbonyl (C=O) groups is 1. The molecule has 1 amide bonds. The molecule has 7 nitrogen and oxygen atoms in total. The second kappa shape index (κ2) is 6.87. The van der Waals surface area contributed by atoms with Crippen molar-refractivity contribution in [1.82, 2.24) is 24.6 Å². The Morgan fingerprint density at radius 3 is 2.83 bits per heavy atom. The van der Waals surface area contributed by atoms with E-state index in [1.54, 1.807) is 24.3 Å². The maximum absolute atomic E-state index is 12.0. The molecule has 0 aromatic carbocycles. The first-order valence-corrected chi connectivity index (χ1v) is 7.74. The highest BCUT2D eigenvalue weighted by atomic mass is 16.5. The van der Waals surface area contributed by atoms with Gasteiger partial charge in [0.05, 0.1) is 6.61 Å². The second-order valence-electron chi connectivity index (χ2n) is 5.96. The fourth-order valence-corrected chi connectivity index (χ4v) is 3.06. The Kier molecular flexibility index (Phi) is 4.66. The number of nitrogens with zero attached hydrogens (tertiary/aromatic N) is 5. The predicted octanol–water partition coefficient (Wildman–Crippen LogP) is 1.01. The van der Waals surface area contributed by atoms with Gasteiger partial charge in [0.2, 0.25) is 5.91 Å². The van der Waals surface area contributed by atoms with E-state index in [4.69, 9.17) is 4.74 Å². The molecule has 1 fully saturated rings. The van der Waals surface area contributed by atoms with Crippen LogP contribution >= 0.6 is 0 Å². The fourth-order valence-electron chi connectivity index (χ4n) is 3.06. The lowest BCUT2D eigenvalue weighted by Crippen LogP contribution is -2.28. The van der Waals surface area contributed by atoms with E-state index < -0.39 is 0 Å². The maximum Gasteiger partial charge on any atom is 0.223 e. The van der Waals surface area contributed by atoms with Crippen LogP contribution < -0.4 is 0 Å². The Morgan fingerprint density at radius 2 is 2.13 bits per heavy atom. The van der Waals surface area contributed by atoms with Gasteiger partial charge >= 0.3 is 0 Å². The van der Waals surface area contributed by atoms with E-state index in [0.29, 0.717) is 25.5 Å². The van der Waals surface area contributed by atoms with Crippen molar-refractivity contribution in [3.8, 4) is 5.82 Å². The van der Waals surface area contributed by atoms with Gasteiger partial charge in [-0.3, -0.25) is 9.36 Å². The molecule has 122 valence electrons. The standard InChI is InChI=1S/C16H21N5O2/c1-12-5-13(8-17-16(12)21-10-18-19-11-21)6-14-7-15(22)20(9-14)3-4-23-2/h5,8,10-11,14H,3-4,6-7,9H2,1-2H3/t14-/m0/s1. The third kappa shape index (κ3) is 3.56. The van der Waals surface area contributed by atoms with Crippen molar-refractivity contribution in [3.05, 3.63) is 36.0 Å². The highest BCUT2D eigenvalue weighted by Gasteiger charge is 2.29. The van der Waals surface area contributed by atoms with Crippen molar-refractivity contribution >= 4 is 5.91 Å². The highest BCUT2D eigenvalue weighted by Crippen LogP contribution is 2.23. The third-order valence-corrected chi connectivity index (χ3v) is 4.15. The van der Waals surface area contributed by atoms with Gasteiger partial charge < -0.3 is 9.64 Å². The van der Waals surface area contributed by atoms with Crippen LogP contribution in [0.2, 0.25) is 0 Å². The molecule has 0 saturated carbocycles. The molecule has 7 heteroatoms. The van der Waals surface area contributed by atoms with Crippen LogP contribution in [0.3, 0.4) is 0 Å². The third-order valence-electron chi connectivity index (χ3n) is 4.15. The lowest BCUT2D eigenvalue weighted by atomic mass is 9.99. The van der Waals surface area contributed by atoms with Crippen LogP contribution in [0.5, 0.6) is 0 Å². The normalized spacial score (nSPS) is 17.9. The summed E-state index contributed by atoms with van der Waals surface area (Å²) in [7, 11) is 1.66. The molecule has 0 aliphatic carbocycles. The summed E-state index contributed by atoms with van der Waals surface area (Å²) >= 11 is 0. The summed E-state index contributed by atoms with van der Waals surface area (Å²) in [5, 5.41) is 7.61. The van der Waals surface area contributed by atoms with Gasteiger partial charge in [-0.25, -0.2) is 4.98 Å². The number of aromatic nitrogens is 4. The highest BCUT2D eigenvalue weighted by molar-refractivity contribution is 5.78. The molecule has 0 spiro atoms. The van der Waals surface area contributed by atoms with Crippen LogP contribution in [-0.4, -0.2) is 57.4 Å². The smallest absolute Gasteiger partial charge is 0.223 e. The van der Waals surface area contributed by atoms with E-state index in [0.717, 1.165) is 29.9 Å². The van der Waals surface area contributed by atoms with Crippen molar-refractivity contribution in [3.63, 3.8) is 0 Å². The van der Waals surface area contributed by atoms with Crippen molar-refractivity contribution in [2.75, 3.05) is 26.8 Å². The zero-order chi connectivity index (χ0) is 16.2. The summed E-state index contributed by atoms with van der Waals surface area (Å²) in [6.07, 6.45) is 6.63. The molecular formula is C16H21N5O2. The molecule has 0 radical (unpaired) electrons. The maximum atomic E-state index is 12.0. The van der Waals surface area contributed by atoms with Crippen molar-refractivity contribution in [1.29, 1.82) is 0 Å². The molecule has 1 aliphatic heterocycles. The number of likely N-dealkylation sites (tertiary alicyclic amines) is 1. The number of hydrogen-bond acceptors (Lipinski definition) is 5. The molecule has 0 N–H and O–H groups in total. The van der Waals surface area contributed by atoms with Gasteiger partial charge in [0.15, 0.2) is 0 Å². The average molecular weight is 315 g/mol. The summed E-state index contributed by atoms with van der Waals surface area (Å²) in [5.41, 5.74) is 2.23. The van der Waals surface area contributed by atoms with Crippen LogP contribution in [0.1, 0.15) is 17.5 Å². The molecule has 1 saturated heterocycles. The fraction of sp³-hybridized carbons (Fsp3) is 0.500. The molecule has 0 bridgehead atoms. The Bertz CT molecular complexity index is 671. The first-order chi connectivity index (χ1) is 11.2. The number of rotatable bonds is 6. The van der Waals surface area contributed by atoms with Crippen LogP contribution in [0, 0.1) is 12.8 Å². The summed E-state index contributed by atoms with van der Waals surface area (Å²) < 4.78 is 6.85. The first kappa shape index (κ1) is 15.6. The quantitative estimate of drug-likeness (QED) is 0.795. The molecular weight excluding hydrogens is 294 g/mol. The van der Waals surface area contributed by atoms with Gasteiger partial charge in [-0.05, 0) is 30.4 Å². The molecule has 1 atom stereocenters. The van der Waals surface area contributed by atoms with Crippen molar-refractivity contribution in [2.45, 2.75) is 19.8 Å². The lowest BCUT2D eigenvalue weighted by Gasteiger charge is -2.16. The number of pyridine rings is 1. The minimum Gasteiger partial charge on any atom is -0.383 e. The van der Waals surface area contributed by atoms with Gasteiger partial charge in [-0.2, -0.15) is 0 Å². The molecule has 0 unspecified atom stereocenters. The van der Waals surface area contributed by atoms with Crippen LogP contribution in [0.4, 0.5) is 0 Å². The topological polar surface area (TPSA) is 73.1 Å². The van der Waals surface area contributed by atoms with Crippen molar-refractivity contribution in [2.24, 2.45) is 5.92 Å². The van der Waals surface area contributed by atoms with Gasteiger partial charge in [-0.1, -0.05) is 6.07 Å². The number of amides is 1. The Morgan fingerprint density at radius 1 is 1.35 bits per heavy atom. The number of hydrogen-bond donors (Lipinski definition) is 0. The average Bonchev–Trinajstić information content (AvgIpc) is 3.15. The second-order valence-corrected chi connectivity index (χ2v) is 5.96. The molecule has 2 aromatic heterocycles. The minimum absolute atomic E-state index is 0.220. The van der Waals surface area contributed by atoms with E-state index >= 15 is 0 Å². The lowest BCUT2D eigenvalue weighted by molar-refractivity contribution is -0.128. The van der Waals surface area contributed by atoms with Crippen LogP contribution in [0.15, 0.2) is 24.9 Å². The molecule has 3 rings (SSSR count). The summed E-state index contributed by atoms with van der Waals surface area (Å²) in [5.74, 6) is 1.40. The summed E-state index contributed by atoms with van der Waals surface area (Å²) in [4.78, 5) is 18.4. The summed E-state index contributed by atoms with van der Waals surface area (Å²) in [6.45, 7) is 4.09. The zero-order valence-corrected chi connectivity index (χ0v) is 13.5. The van der Waals surface area contributed by atoms with Gasteiger partial charge in [0, 0.05) is 32.8 Å². The van der Waals surface area contributed by atoms with Gasteiger partial charge in [0.25, 0.3) is 0 Å². The van der Waals surface area contributed by atoms with E-state index in [1.165, 1.54) is 0 Å². The van der Waals surface area contributed by atoms with E-state index in [2.05, 4.69) is 21.2 Å². The monoisotopic (exact) mass is 315 g/mol. The Hall–Kier alpha value is -2.28. The van der Waals surface area contributed by atoms with Crippen LogP contribution in [-0.2, 0) is 16.0 Å². The number of ether oxygens (including phenoxy) is 1. The minimum atomic E-state index is 0.220. The number of methoxy groups -OCH3 is 1. The Balaban J connectivity index is 1.65. The Labute approximate surface area is 135 Å². The number of aryl methyl sites for hydroxylation is 1. The SMILES string of the molecule is COCCN1C[C@@H](Cc2cnc(-n3cnnc3)c(C)c2)CC1=O. The van der Waals surface area contributed by atoms with Gasteiger partial charge in [0.1, 0.15) is 18.5 Å². The molecule has 3 heterocycles. The zero-order valence-electron chi connectivity index (χ0n) is 13.5. The van der Waals surface area contributed by atoms with Crippen molar-refractivity contribution < 1.29 is 9.53 Å². The van der Waals surface area contributed by atoms with Gasteiger partial charge in [-0.15, -0.1) is 10.2 Å². The predicted molar refractivity (Wildman–Crippen MR) is 84.2 cm³/mol. The number of carbonyl (C=O) groups excluding carboxylic acids is 1. The van der Waals surface area contributed by atoms with E-state index in [1.807, 2.05) is 18.0 Å². The van der Waals surface area contributed by atoms with E-state index in [-0.39, 0.29) is 5.91 Å². The van der Waals surface area contributed by atoms with E-state index in [9.17, 15) is 4.79 Å². The molecule has 1 aliphatic rings. The van der Waals surface area contributed by atoms with Crippen LogP contribution in [0.25, 0.3) is 5.82 Å². The largest absolute Gasteiger partial charge is 0.383 e. The molecule has 23 heavy (non-hydrogen) atoms.